The minimum atomic E-state index is 0.470. The van der Waals surface area contributed by atoms with Crippen molar-refractivity contribution in [3.05, 3.63) is 34.7 Å². The lowest BCUT2D eigenvalue weighted by Gasteiger charge is -2.23. The summed E-state index contributed by atoms with van der Waals surface area (Å²) >= 11 is 1.76. The molecule has 22 heavy (non-hydrogen) atoms. The van der Waals surface area contributed by atoms with Gasteiger partial charge in [0.15, 0.2) is 0 Å². The summed E-state index contributed by atoms with van der Waals surface area (Å²) in [4.78, 5) is 7.38. The van der Waals surface area contributed by atoms with Gasteiger partial charge in [0, 0.05) is 29.1 Å². The van der Waals surface area contributed by atoms with Crippen LogP contribution in [-0.2, 0) is 0 Å². The molecule has 4 heteroatoms. The molecule has 1 heterocycles. The first-order valence-corrected chi connectivity index (χ1v) is 9.05. The molecule has 120 valence electrons. The van der Waals surface area contributed by atoms with Crippen molar-refractivity contribution in [2.45, 2.75) is 39.5 Å². The number of thiazole rings is 1. The summed E-state index contributed by atoms with van der Waals surface area (Å²) in [5, 5.41) is 3.36. The molecule has 0 bridgehead atoms. The number of nitrogens with zero attached hydrogens (tertiary/aromatic N) is 2. The molecular formula is C18H27N3S. The number of hydrogen-bond acceptors (Lipinski definition) is 4. The number of nitrogens with two attached hydrogens (primary N) is 1. The second-order valence-corrected chi connectivity index (χ2v) is 6.79. The second-order valence-electron chi connectivity index (χ2n) is 5.90. The predicted octanol–water partition coefficient (Wildman–Crippen LogP) is 4.62. The lowest BCUT2D eigenvalue weighted by Crippen LogP contribution is -2.29. The molecule has 1 aromatic carbocycles. The lowest BCUT2D eigenvalue weighted by atomic mass is 10.1. The summed E-state index contributed by atoms with van der Waals surface area (Å²) in [5.41, 5.74) is 8.80. The van der Waals surface area contributed by atoms with Gasteiger partial charge in [-0.25, -0.2) is 4.98 Å². The number of aromatic nitrogens is 1. The third-order valence-corrected chi connectivity index (χ3v) is 4.81. The monoisotopic (exact) mass is 317 g/mol. The summed E-state index contributed by atoms with van der Waals surface area (Å²) in [7, 11) is 0. The van der Waals surface area contributed by atoms with Crippen LogP contribution in [0.15, 0.2) is 29.6 Å². The predicted molar refractivity (Wildman–Crippen MR) is 97.4 cm³/mol. The maximum Gasteiger partial charge on any atom is 0.0973 e. The molecule has 2 aromatic rings. The van der Waals surface area contributed by atoms with E-state index in [1.807, 2.05) is 18.2 Å². The molecule has 3 nitrogen and oxygen atoms in total. The van der Waals surface area contributed by atoms with Crippen molar-refractivity contribution in [3.8, 4) is 11.3 Å². The maximum absolute atomic E-state index is 5.86. The highest BCUT2D eigenvalue weighted by atomic mass is 32.1. The van der Waals surface area contributed by atoms with E-state index in [-0.39, 0.29) is 0 Å². The molecule has 0 amide bonds. The summed E-state index contributed by atoms with van der Waals surface area (Å²) in [6.45, 7) is 10.2. The van der Waals surface area contributed by atoms with Crippen LogP contribution < -0.4 is 5.73 Å². The van der Waals surface area contributed by atoms with Gasteiger partial charge in [-0.05, 0) is 38.1 Å². The number of hydrogen-bond donors (Lipinski definition) is 1. The van der Waals surface area contributed by atoms with Crippen LogP contribution in [0.5, 0.6) is 0 Å². The van der Waals surface area contributed by atoms with Crippen LogP contribution in [-0.4, -0.2) is 29.5 Å². The van der Waals surface area contributed by atoms with Crippen LogP contribution in [0.4, 0.5) is 5.69 Å². The molecule has 2 rings (SSSR count). The van der Waals surface area contributed by atoms with E-state index in [1.165, 1.54) is 30.9 Å². The smallest absolute Gasteiger partial charge is 0.0973 e. The van der Waals surface area contributed by atoms with E-state index in [9.17, 15) is 0 Å². The Morgan fingerprint density at radius 3 is 2.59 bits per heavy atom. The Balaban J connectivity index is 2.06. The van der Waals surface area contributed by atoms with Gasteiger partial charge < -0.3 is 10.6 Å². The number of anilines is 1. The summed E-state index contributed by atoms with van der Waals surface area (Å²) < 4.78 is 0. The van der Waals surface area contributed by atoms with Gasteiger partial charge in [-0.1, -0.05) is 32.9 Å². The maximum atomic E-state index is 5.86. The van der Waals surface area contributed by atoms with Crippen LogP contribution in [0.25, 0.3) is 11.3 Å². The average molecular weight is 318 g/mol. The van der Waals surface area contributed by atoms with Crippen LogP contribution in [0.2, 0.25) is 0 Å². The van der Waals surface area contributed by atoms with Gasteiger partial charge in [0.2, 0.25) is 0 Å². The van der Waals surface area contributed by atoms with Gasteiger partial charge >= 0.3 is 0 Å². The normalized spacial score (nSPS) is 12.7. The van der Waals surface area contributed by atoms with Gasteiger partial charge in [-0.2, -0.15) is 0 Å². The molecule has 1 aromatic heterocycles. The topological polar surface area (TPSA) is 42.2 Å². The summed E-state index contributed by atoms with van der Waals surface area (Å²) in [6, 6.07) is 7.95. The Morgan fingerprint density at radius 2 is 1.95 bits per heavy atom. The number of rotatable bonds is 8. The van der Waals surface area contributed by atoms with Gasteiger partial charge in [0.05, 0.1) is 10.7 Å². The largest absolute Gasteiger partial charge is 0.399 e. The van der Waals surface area contributed by atoms with Gasteiger partial charge in [0.25, 0.3) is 0 Å². The third kappa shape index (κ3) is 4.55. The molecule has 0 spiro atoms. The Morgan fingerprint density at radius 1 is 1.23 bits per heavy atom. The highest BCUT2D eigenvalue weighted by molar-refractivity contribution is 7.10. The van der Waals surface area contributed by atoms with Gasteiger partial charge in [0.1, 0.15) is 0 Å². The zero-order chi connectivity index (χ0) is 15.9. The fourth-order valence-corrected chi connectivity index (χ4v) is 3.62. The minimum Gasteiger partial charge on any atom is -0.399 e. The average Bonchev–Trinajstić information content (AvgIpc) is 2.97. The second kappa shape index (κ2) is 8.30. The van der Waals surface area contributed by atoms with E-state index in [4.69, 9.17) is 10.7 Å². The highest BCUT2D eigenvalue weighted by Crippen LogP contribution is 2.28. The summed E-state index contributed by atoms with van der Waals surface area (Å²) in [5.74, 6) is 0.470. The lowest BCUT2D eigenvalue weighted by molar-refractivity contribution is 0.261. The molecule has 0 aliphatic heterocycles. The molecule has 0 saturated carbocycles. The highest BCUT2D eigenvalue weighted by Gasteiger charge is 2.15. The first-order valence-electron chi connectivity index (χ1n) is 8.17. The Kier molecular flexibility index (Phi) is 6.40. The van der Waals surface area contributed by atoms with Crippen molar-refractivity contribution in [3.63, 3.8) is 0 Å². The Labute approximate surface area is 138 Å². The fraction of sp³-hybridized carbons (Fsp3) is 0.500. The van der Waals surface area contributed by atoms with E-state index in [0.717, 1.165) is 23.5 Å². The molecule has 0 fully saturated rings. The molecule has 0 aliphatic rings. The molecule has 1 atom stereocenters. The van der Waals surface area contributed by atoms with Crippen LogP contribution >= 0.6 is 11.3 Å². The van der Waals surface area contributed by atoms with E-state index in [1.54, 1.807) is 11.3 Å². The third-order valence-electron chi connectivity index (χ3n) is 3.74. The van der Waals surface area contributed by atoms with Crippen molar-refractivity contribution in [2.24, 2.45) is 0 Å². The van der Waals surface area contributed by atoms with Crippen molar-refractivity contribution < 1.29 is 0 Å². The van der Waals surface area contributed by atoms with E-state index < -0.39 is 0 Å². The molecule has 1 unspecified atom stereocenters. The van der Waals surface area contributed by atoms with E-state index >= 15 is 0 Å². The zero-order valence-corrected chi connectivity index (χ0v) is 14.7. The van der Waals surface area contributed by atoms with E-state index in [2.05, 4.69) is 37.1 Å². The van der Waals surface area contributed by atoms with E-state index in [0.29, 0.717) is 5.92 Å². The Hall–Kier alpha value is -1.39. The van der Waals surface area contributed by atoms with Gasteiger partial charge in [-0.3, -0.25) is 0 Å². The molecule has 0 aliphatic carbocycles. The van der Waals surface area contributed by atoms with Crippen molar-refractivity contribution in [1.82, 2.24) is 9.88 Å². The molecule has 0 radical (unpaired) electrons. The van der Waals surface area contributed by atoms with Crippen molar-refractivity contribution >= 4 is 17.0 Å². The van der Waals surface area contributed by atoms with Crippen LogP contribution in [0.3, 0.4) is 0 Å². The molecule has 2 N–H and O–H groups in total. The number of benzene rings is 1. The quantitative estimate of drug-likeness (QED) is 0.722. The first-order chi connectivity index (χ1) is 10.6. The molecular weight excluding hydrogens is 290 g/mol. The van der Waals surface area contributed by atoms with Crippen molar-refractivity contribution in [1.29, 1.82) is 0 Å². The summed E-state index contributed by atoms with van der Waals surface area (Å²) in [6.07, 6.45) is 2.41. The first kappa shape index (κ1) is 17.0. The van der Waals surface area contributed by atoms with Crippen LogP contribution in [0, 0.1) is 0 Å². The SMILES string of the molecule is CCCN(CCC)CC(C)c1nc(-c2cccc(N)c2)cs1. The van der Waals surface area contributed by atoms with Crippen LogP contribution in [0.1, 0.15) is 44.5 Å². The minimum absolute atomic E-state index is 0.470. The van der Waals surface area contributed by atoms with Crippen molar-refractivity contribution in [2.75, 3.05) is 25.4 Å². The standard InChI is InChI=1S/C18H27N3S/c1-4-9-21(10-5-2)12-14(3)18-20-17(13-22-18)15-7-6-8-16(19)11-15/h6-8,11,13-14H,4-5,9-10,12,19H2,1-3H3. The number of nitrogen functional groups attached to an aromatic ring is 1. The zero-order valence-electron chi connectivity index (χ0n) is 13.9. The molecule has 0 saturated heterocycles. The fourth-order valence-electron chi connectivity index (χ4n) is 2.74. The van der Waals surface area contributed by atoms with Gasteiger partial charge in [-0.15, -0.1) is 11.3 Å². The Bertz CT molecular complexity index is 573.